The minimum atomic E-state index is -2.97. The standard InChI is InChI=1S/C59H62N3O.Pt/c1-37-22-24-39(25-23-37)41-28-29-60-50(34-41)43-30-42(31-44(32-43)56(2,3)4)46-20-17-21-52-53(46)61-55(47-35-45(57(5,6)7)36-49(54(47)63)59(11,12)13)62(52)51-27-26-40(33-48(51)58(8,9)10)38-18-15-14-16-19-38;/h14-29,31-36,63H,1-13H3;/q-1;/i1D3,22D,23D,24D,25D,28D,29D,34D;. The smallest absolute Gasteiger partial charge is 0.148 e. The molecule has 64 heavy (non-hydrogen) atoms. The first kappa shape index (κ1) is 34.8. The Morgan fingerprint density at radius 3 is 1.89 bits per heavy atom. The van der Waals surface area contributed by atoms with Gasteiger partial charge in [-0.1, -0.05) is 185 Å². The van der Waals surface area contributed by atoms with Gasteiger partial charge in [-0.3, -0.25) is 9.55 Å². The molecule has 5 heteroatoms. The number of imidazole rings is 1. The van der Waals surface area contributed by atoms with Gasteiger partial charge in [0.15, 0.2) is 0 Å². The molecule has 8 rings (SSSR count). The number of aromatic nitrogens is 3. The maximum atomic E-state index is 12.6. The van der Waals surface area contributed by atoms with Crippen LogP contribution in [-0.4, -0.2) is 19.6 Å². The van der Waals surface area contributed by atoms with Crippen LogP contribution in [0.3, 0.4) is 0 Å². The molecule has 0 aliphatic heterocycles. The van der Waals surface area contributed by atoms with Crippen LogP contribution >= 0.6 is 0 Å². The molecular formula is C59H62N3OPt-. The molecule has 0 spiro atoms. The van der Waals surface area contributed by atoms with Crippen LogP contribution in [0.5, 0.6) is 5.75 Å². The average Bonchev–Trinajstić information content (AvgIpc) is 3.68. The van der Waals surface area contributed by atoms with Gasteiger partial charge in [0.25, 0.3) is 0 Å². The van der Waals surface area contributed by atoms with Gasteiger partial charge in [0, 0.05) is 42.6 Å². The van der Waals surface area contributed by atoms with E-state index in [-0.39, 0.29) is 54.5 Å². The molecule has 0 amide bonds. The van der Waals surface area contributed by atoms with E-state index < -0.39 is 71.2 Å². The summed E-state index contributed by atoms with van der Waals surface area (Å²) in [6, 6.07) is 29.9. The minimum absolute atomic E-state index is 0. The number of pyridine rings is 1. The van der Waals surface area contributed by atoms with E-state index in [1.807, 2.05) is 75.4 Å². The molecule has 330 valence electrons. The third-order valence-corrected chi connectivity index (χ3v) is 11.6. The molecule has 0 aliphatic rings. The van der Waals surface area contributed by atoms with E-state index >= 15 is 0 Å². The van der Waals surface area contributed by atoms with Gasteiger partial charge < -0.3 is 5.11 Å². The third kappa shape index (κ3) is 9.18. The summed E-state index contributed by atoms with van der Waals surface area (Å²) in [6.07, 6.45) is -0.584. The summed E-state index contributed by atoms with van der Waals surface area (Å²) < 4.78 is 88.3. The minimum Gasteiger partial charge on any atom is -0.507 e. The molecule has 0 atom stereocenters. The molecule has 2 heterocycles. The number of nitrogens with zero attached hydrogens (tertiary/aromatic N) is 3. The Labute approximate surface area is 410 Å². The molecule has 0 fully saturated rings. The molecule has 2 aromatic heterocycles. The number of hydrogen-bond acceptors (Lipinski definition) is 3. The van der Waals surface area contributed by atoms with Crippen molar-refractivity contribution in [1.29, 1.82) is 0 Å². The molecule has 4 nitrogen and oxygen atoms in total. The molecule has 1 N–H and O–H groups in total. The zero-order valence-electron chi connectivity index (χ0n) is 48.8. The number of para-hydroxylation sites is 1. The third-order valence-electron chi connectivity index (χ3n) is 11.6. The zero-order valence-corrected chi connectivity index (χ0v) is 41.0. The molecule has 0 bridgehead atoms. The fourth-order valence-electron chi connectivity index (χ4n) is 7.98. The number of rotatable bonds is 6. The molecule has 0 saturated heterocycles. The summed E-state index contributed by atoms with van der Waals surface area (Å²) in [7, 11) is 0. The Kier molecular flexibility index (Phi) is 9.29. The predicted octanol–water partition coefficient (Wildman–Crippen LogP) is 15.8. The van der Waals surface area contributed by atoms with Crippen LogP contribution in [0.15, 0.2) is 133 Å². The Morgan fingerprint density at radius 1 is 0.594 bits per heavy atom. The van der Waals surface area contributed by atoms with Crippen molar-refractivity contribution in [2.24, 2.45) is 0 Å². The van der Waals surface area contributed by atoms with Crippen molar-refractivity contribution in [2.75, 3.05) is 0 Å². The summed E-state index contributed by atoms with van der Waals surface area (Å²) in [5.74, 6) is 0.653. The molecule has 0 aliphatic carbocycles. The number of hydrogen-bond donors (Lipinski definition) is 1. The van der Waals surface area contributed by atoms with Crippen molar-refractivity contribution in [2.45, 2.75) is 112 Å². The second kappa shape index (κ2) is 17.1. The van der Waals surface area contributed by atoms with E-state index in [0.29, 0.717) is 28.0 Å². The molecule has 0 radical (unpaired) electrons. The van der Waals surface area contributed by atoms with Gasteiger partial charge in [-0.25, -0.2) is 4.98 Å². The van der Waals surface area contributed by atoms with E-state index in [1.165, 1.54) is 0 Å². The maximum Gasteiger partial charge on any atom is 0.148 e. The Morgan fingerprint density at radius 2 is 1.25 bits per heavy atom. The van der Waals surface area contributed by atoms with Crippen LogP contribution in [0.25, 0.3) is 72.7 Å². The van der Waals surface area contributed by atoms with Gasteiger partial charge in [-0.05, 0) is 92.2 Å². The van der Waals surface area contributed by atoms with Crippen LogP contribution in [-0.2, 0) is 42.7 Å². The van der Waals surface area contributed by atoms with Crippen molar-refractivity contribution in [1.82, 2.24) is 14.5 Å². The predicted molar refractivity (Wildman–Crippen MR) is 266 cm³/mol. The first-order valence-corrected chi connectivity index (χ1v) is 21.5. The van der Waals surface area contributed by atoms with E-state index in [9.17, 15) is 6.48 Å². The van der Waals surface area contributed by atoms with Crippen LogP contribution in [0.2, 0.25) is 0 Å². The summed E-state index contributed by atoms with van der Waals surface area (Å²) >= 11 is 0. The van der Waals surface area contributed by atoms with Crippen LogP contribution in [0, 0.1) is 12.9 Å². The van der Waals surface area contributed by atoms with Gasteiger partial charge in [0.05, 0.1) is 31.9 Å². The first-order chi connectivity index (χ1) is 33.7. The van der Waals surface area contributed by atoms with Crippen LogP contribution < -0.4 is 0 Å². The fraction of sp³-hybridized carbons (Fsp3) is 0.288. The Hall–Kier alpha value is -5.57. The average molecular weight is 1030 g/mol. The Bertz CT molecular complexity index is 3490. The van der Waals surface area contributed by atoms with E-state index in [1.54, 1.807) is 0 Å². The maximum absolute atomic E-state index is 12.6. The molecule has 0 unspecified atom stereocenters. The second-order valence-electron chi connectivity index (χ2n) is 20.6. The number of phenols is 1. The largest absolute Gasteiger partial charge is 0.507 e. The van der Waals surface area contributed by atoms with Crippen molar-refractivity contribution in [3.8, 4) is 67.5 Å². The monoisotopic (exact) mass is 1030 g/mol. The van der Waals surface area contributed by atoms with Crippen molar-refractivity contribution >= 4 is 11.0 Å². The van der Waals surface area contributed by atoms with Gasteiger partial charge in [0.1, 0.15) is 11.6 Å². The normalized spacial score (nSPS) is 14.8. The fourth-order valence-corrected chi connectivity index (χ4v) is 7.98. The van der Waals surface area contributed by atoms with Gasteiger partial charge >= 0.3 is 0 Å². The Balaban J connectivity index is 0.00000800. The topological polar surface area (TPSA) is 50.9 Å². The first-order valence-electron chi connectivity index (χ1n) is 26.5. The summed E-state index contributed by atoms with van der Waals surface area (Å²) in [5.41, 5.74) is 6.78. The van der Waals surface area contributed by atoms with Gasteiger partial charge in [0.2, 0.25) is 0 Å². The van der Waals surface area contributed by atoms with Crippen molar-refractivity contribution < 1.29 is 39.9 Å². The zero-order chi connectivity index (χ0) is 53.8. The molecule has 0 saturated carbocycles. The molecular weight excluding hydrogens is 962 g/mol. The number of phenolic OH excluding ortho intramolecular Hbond substituents is 1. The molecule has 6 aromatic carbocycles. The van der Waals surface area contributed by atoms with Crippen molar-refractivity contribution in [3.63, 3.8) is 0 Å². The summed E-state index contributed by atoms with van der Waals surface area (Å²) in [6.45, 7) is 22.4. The van der Waals surface area contributed by atoms with Crippen LogP contribution in [0.4, 0.5) is 0 Å². The van der Waals surface area contributed by atoms with E-state index in [2.05, 4.69) is 114 Å². The summed E-state index contributed by atoms with van der Waals surface area (Å²) in [5, 5.41) is 12.6. The van der Waals surface area contributed by atoms with Gasteiger partial charge in [-0.15, -0.1) is 29.3 Å². The van der Waals surface area contributed by atoms with Crippen molar-refractivity contribution in [3.05, 3.63) is 167 Å². The SMILES string of the molecule is [2H]c1nc(-c2[c-]c(-c3cccc4c3nc(-c3cc(C(C)(C)C)cc(C(C)(C)C)c3O)n4-c3ccc(-c4ccccc4)cc3C(C)(C)C)cc(C(C)(C)C)c2)c([2H])c(-c2c([2H])c([2H])c(C([2H])([2H])[2H])c([2H])c2[2H])c1[2H].[Pt]. The number of benzene rings is 6. The molecule has 8 aromatic rings. The quantitative estimate of drug-likeness (QED) is 0.169. The number of aromatic hydroxyl groups is 1. The van der Waals surface area contributed by atoms with E-state index in [4.69, 9.17) is 17.3 Å². The summed E-state index contributed by atoms with van der Waals surface area (Å²) in [4.78, 5) is 10.00. The number of fused-ring (bicyclic) bond motifs is 1. The van der Waals surface area contributed by atoms with Crippen LogP contribution in [0.1, 0.15) is 125 Å². The second-order valence-corrected chi connectivity index (χ2v) is 20.6. The van der Waals surface area contributed by atoms with Gasteiger partial charge in [-0.2, -0.15) is 0 Å². The van der Waals surface area contributed by atoms with E-state index in [0.717, 1.165) is 44.6 Å².